The maximum atomic E-state index is 11.9. The van der Waals surface area contributed by atoms with Crippen LogP contribution in [0.1, 0.15) is 23.8 Å². The lowest BCUT2D eigenvalue weighted by Gasteiger charge is -2.13. The molecule has 1 atom stereocenters. The Morgan fingerprint density at radius 3 is 2.72 bits per heavy atom. The first-order valence-electron chi connectivity index (χ1n) is 5.49. The molecule has 7 heteroatoms. The highest BCUT2D eigenvalue weighted by Crippen LogP contribution is 2.15. The average Bonchev–Trinajstić information content (AvgIpc) is 2.67. The first kappa shape index (κ1) is 14.7. The Balaban J connectivity index is 2.86. The molecular formula is C11H15BrN2O4. The van der Waals surface area contributed by atoms with Gasteiger partial charge in [-0.2, -0.15) is 0 Å². The van der Waals surface area contributed by atoms with Crippen LogP contribution >= 0.6 is 15.9 Å². The molecule has 1 aromatic heterocycles. The van der Waals surface area contributed by atoms with Crippen molar-refractivity contribution in [3.05, 3.63) is 22.4 Å². The van der Waals surface area contributed by atoms with Gasteiger partial charge in [-0.25, -0.2) is 4.79 Å². The number of nitrogens with one attached hydrogen (secondary N) is 1. The van der Waals surface area contributed by atoms with Gasteiger partial charge in [0.25, 0.3) is 5.91 Å². The van der Waals surface area contributed by atoms with Crippen molar-refractivity contribution in [2.45, 2.75) is 25.9 Å². The number of hydrogen-bond acceptors (Lipinski definition) is 3. The zero-order valence-corrected chi connectivity index (χ0v) is 11.5. The van der Waals surface area contributed by atoms with Gasteiger partial charge in [0.2, 0.25) is 0 Å². The molecule has 3 N–H and O–H groups in total. The van der Waals surface area contributed by atoms with E-state index in [1.165, 1.54) is 0 Å². The van der Waals surface area contributed by atoms with Crippen LogP contribution in [0, 0.1) is 0 Å². The zero-order chi connectivity index (χ0) is 13.7. The maximum absolute atomic E-state index is 11.9. The number of aliphatic hydroxyl groups is 1. The van der Waals surface area contributed by atoms with Crippen molar-refractivity contribution in [3.8, 4) is 0 Å². The number of aryl methyl sites for hydroxylation is 1. The molecule has 0 bridgehead atoms. The van der Waals surface area contributed by atoms with Gasteiger partial charge >= 0.3 is 5.97 Å². The third kappa shape index (κ3) is 3.58. The number of carboxylic acid groups (broad SMARTS) is 1. The predicted octanol–water partition coefficient (Wildman–Crippen LogP) is 0.836. The molecule has 0 unspecified atom stereocenters. The topological polar surface area (TPSA) is 91.6 Å². The predicted molar refractivity (Wildman–Crippen MR) is 68.4 cm³/mol. The molecule has 0 radical (unpaired) electrons. The lowest BCUT2D eigenvalue weighted by atomic mass is 10.3. The molecule has 0 aliphatic heterocycles. The zero-order valence-electron chi connectivity index (χ0n) is 9.89. The van der Waals surface area contributed by atoms with Gasteiger partial charge in [0, 0.05) is 17.2 Å². The standard InChI is InChI=1S/C11H15BrN2O4/c1-2-3-14-5-7(12)4-9(14)10(16)13-8(6-15)11(17)18/h4-5,8,15H,2-3,6H2,1H3,(H,13,16)(H,17,18)/t8-/m1/s1. The van der Waals surface area contributed by atoms with Crippen LogP contribution in [0.2, 0.25) is 0 Å². The number of carboxylic acids is 1. The number of hydrogen-bond donors (Lipinski definition) is 3. The normalized spacial score (nSPS) is 12.2. The molecule has 0 fully saturated rings. The Bertz CT molecular complexity index is 444. The van der Waals surface area contributed by atoms with Crippen LogP contribution < -0.4 is 5.32 Å². The number of aliphatic hydroxyl groups excluding tert-OH is 1. The van der Waals surface area contributed by atoms with Crippen molar-refractivity contribution in [1.29, 1.82) is 0 Å². The number of aliphatic carboxylic acids is 1. The van der Waals surface area contributed by atoms with Crippen molar-refractivity contribution in [1.82, 2.24) is 9.88 Å². The van der Waals surface area contributed by atoms with Crippen LogP contribution in [-0.2, 0) is 11.3 Å². The molecular weight excluding hydrogens is 304 g/mol. The largest absolute Gasteiger partial charge is 0.480 e. The Kier molecular flexibility index (Phi) is 5.36. The molecule has 6 nitrogen and oxygen atoms in total. The number of nitrogens with zero attached hydrogens (tertiary/aromatic N) is 1. The number of rotatable bonds is 6. The van der Waals surface area contributed by atoms with Crippen molar-refractivity contribution in [2.75, 3.05) is 6.61 Å². The number of halogens is 1. The smallest absolute Gasteiger partial charge is 0.328 e. The minimum absolute atomic E-state index is 0.364. The van der Waals surface area contributed by atoms with E-state index in [2.05, 4.69) is 21.2 Å². The number of carbonyl (C=O) groups is 2. The van der Waals surface area contributed by atoms with E-state index in [4.69, 9.17) is 10.2 Å². The van der Waals surface area contributed by atoms with Crippen LogP contribution in [-0.4, -0.2) is 39.3 Å². The molecule has 100 valence electrons. The van der Waals surface area contributed by atoms with Crippen molar-refractivity contribution < 1.29 is 19.8 Å². The van der Waals surface area contributed by atoms with Crippen LogP contribution in [0.15, 0.2) is 16.7 Å². The van der Waals surface area contributed by atoms with E-state index in [9.17, 15) is 9.59 Å². The van der Waals surface area contributed by atoms with Gasteiger partial charge in [0.15, 0.2) is 6.04 Å². The number of amides is 1. The summed E-state index contributed by atoms with van der Waals surface area (Å²) in [6.07, 6.45) is 2.61. The summed E-state index contributed by atoms with van der Waals surface area (Å²) >= 11 is 3.27. The van der Waals surface area contributed by atoms with Gasteiger partial charge in [-0.15, -0.1) is 0 Å². The quantitative estimate of drug-likeness (QED) is 0.724. The Hall–Kier alpha value is -1.34. The lowest BCUT2D eigenvalue weighted by Crippen LogP contribution is -2.43. The molecule has 0 aromatic carbocycles. The molecule has 1 aromatic rings. The molecule has 0 spiro atoms. The molecule has 1 rings (SSSR count). The fraction of sp³-hybridized carbons (Fsp3) is 0.455. The fourth-order valence-electron chi connectivity index (χ4n) is 1.51. The highest BCUT2D eigenvalue weighted by Gasteiger charge is 2.21. The van der Waals surface area contributed by atoms with Gasteiger partial charge in [-0.3, -0.25) is 4.79 Å². The first-order valence-corrected chi connectivity index (χ1v) is 6.29. The van der Waals surface area contributed by atoms with Crippen LogP contribution in [0.25, 0.3) is 0 Å². The number of carbonyl (C=O) groups excluding carboxylic acids is 1. The molecule has 1 heterocycles. The van der Waals surface area contributed by atoms with E-state index in [1.807, 2.05) is 6.92 Å². The summed E-state index contributed by atoms with van der Waals surface area (Å²) in [5.74, 6) is -1.78. The second kappa shape index (κ2) is 6.55. The first-order chi connectivity index (χ1) is 8.49. The fourth-order valence-corrected chi connectivity index (χ4v) is 1.97. The molecule has 1 amide bonds. The highest BCUT2D eigenvalue weighted by atomic mass is 79.9. The van der Waals surface area contributed by atoms with Gasteiger partial charge in [0.05, 0.1) is 6.61 Å². The summed E-state index contributed by atoms with van der Waals surface area (Å²) in [6.45, 7) is 1.99. The lowest BCUT2D eigenvalue weighted by molar-refractivity contribution is -0.140. The third-order valence-corrected chi connectivity index (χ3v) is 2.78. The van der Waals surface area contributed by atoms with Gasteiger partial charge in [0.1, 0.15) is 5.69 Å². The maximum Gasteiger partial charge on any atom is 0.328 e. The Morgan fingerprint density at radius 2 is 2.22 bits per heavy atom. The van der Waals surface area contributed by atoms with E-state index in [1.54, 1.807) is 16.8 Å². The van der Waals surface area contributed by atoms with Gasteiger partial charge in [-0.1, -0.05) is 6.92 Å². The van der Waals surface area contributed by atoms with E-state index < -0.39 is 24.5 Å². The highest BCUT2D eigenvalue weighted by molar-refractivity contribution is 9.10. The van der Waals surface area contributed by atoms with E-state index in [-0.39, 0.29) is 0 Å². The van der Waals surface area contributed by atoms with Gasteiger partial charge < -0.3 is 20.1 Å². The minimum Gasteiger partial charge on any atom is -0.480 e. The summed E-state index contributed by atoms with van der Waals surface area (Å²) in [5.41, 5.74) is 0.364. The average molecular weight is 319 g/mol. The summed E-state index contributed by atoms with van der Waals surface area (Å²) in [4.78, 5) is 22.6. The summed E-state index contributed by atoms with van der Waals surface area (Å²) in [5, 5.41) is 19.9. The molecule has 0 saturated carbocycles. The third-order valence-electron chi connectivity index (χ3n) is 2.35. The van der Waals surface area contributed by atoms with E-state index in [0.717, 1.165) is 10.9 Å². The van der Waals surface area contributed by atoms with Crippen molar-refractivity contribution >= 4 is 27.8 Å². The Morgan fingerprint density at radius 1 is 1.56 bits per heavy atom. The van der Waals surface area contributed by atoms with Gasteiger partial charge in [-0.05, 0) is 28.4 Å². The molecule has 0 aliphatic rings. The molecule has 0 aliphatic carbocycles. The Labute approximate surface area is 113 Å². The van der Waals surface area contributed by atoms with Crippen LogP contribution in [0.4, 0.5) is 0 Å². The van der Waals surface area contributed by atoms with Crippen molar-refractivity contribution in [3.63, 3.8) is 0 Å². The van der Waals surface area contributed by atoms with Crippen LogP contribution in [0.5, 0.6) is 0 Å². The summed E-state index contributed by atoms with van der Waals surface area (Å²) in [7, 11) is 0. The summed E-state index contributed by atoms with van der Waals surface area (Å²) < 4.78 is 2.48. The number of aromatic nitrogens is 1. The molecule has 18 heavy (non-hydrogen) atoms. The second-order valence-corrected chi connectivity index (χ2v) is 4.70. The minimum atomic E-state index is -1.29. The van der Waals surface area contributed by atoms with E-state index in [0.29, 0.717) is 12.2 Å². The monoisotopic (exact) mass is 318 g/mol. The second-order valence-electron chi connectivity index (χ2n) is 3.78. The molecule has 0 saturated heterocycles. The van der Waals surface area contributed by atoms with E-state index >= 15 is 0 Å². The van der Waals surface area contributed by atoms with Crippen LogP contribution in [0.3, 0.4) is 0 Å². The van der Waals surface area contributed by atoms with Crippen molar-refractivity contribution in [2.24, 2.45) is 0 Å². The summed E-state index contributed by atoms with van der Waals surface area (Å²) in [6, 6.07) is 0.322. The SMILES string of the molecule is CCCn1cc(Br)cc1C(=O)N[C@H](CO)C(=O)O.